The van der Waals surface area contributed by atoms with Crippen LogP contribution in [0.4, 0.5) is 0 Å². The molecule has 33 heavy (non-hydrogen) atoms. The molecular formula is C29H24O4. The van der Waals surface area contributed by atoms with E-state index in [0.717, 1.165) is 11.1 Å². The summed E-state index contributed by atoms with van der Waals surface area (Å²) < 4.78 is 10.9. The van der Waals surface area contributed by atoms with E-state index >= 15 is 0 Å². The van der Waals surface area contributed by atoms with Crippen LogP contribution >= 0.6 is 0 Å². The molecule has 4 rings (SSSR count). The number of carbonyl (C=O) groups is 2. The molecule has 4 nitrogen and oxygen atoms in total. The Morgan fingerprint density at radius 2 is 0.939 bits per heavy atom. The van der Waals surface area contributed by atoms with Gasteiger partial charge in [-0.25, -0.2) is 0 Å². The van der Waals surface area contributed by atoms with Gasteiger partial charge in [0.25, 0.3) is 0 Å². The van der Waals surface area contributed by atoms with Crippen molar-refractivity contribution in [2.45, 2.75) is 6.42 Å². The second-order valence-corrected chi connectivity index (χ2v) is 7.71. The molecule has 0 bridgehead atoms. The molecule has 0 aliphatic rings. The highest BCUT2D eigenvalue weighted by atomic mass is 16.5. The van der Waals surface area contributed by atoms with E-state index in [9.17, 15) is 9.59 Å². The van der Waals surface area contributed by atoms with Crippen molar-refractivity contribution in [1.29, 1.82) is 0 Å². The van der Waals surface area contributed by atoms with Gasteiger partial charge in [-0.15, -0.1) is 0 Å². The Hall–Kier alpha value is -4.18. The summed E-state index contributed by atoms with van der Waals surface area (Å²) in [5.41, 5.74) is 4.15. The molecule has 0 aliphatic carbocycles. The summed E-state index contributed by atoms with van der Waals surface area (Å²) in [6.07, 6.45) is 0.512. The van der Waals surface area contributed by atoms with Gasteiger partial charge < -0.3 is 9.47 Å². The van der Waals surface area contributed by atoms with Crippen molar-refractivity contribution < 1.29 is 19.1 Å². The van der Waals surface area contributed by atoms with Crippen LogP contribution in [0, 0.1) is 0 Å². The third kappa shape index (κ3) is 5.18. The van der Waals surface area contributed by atoms with E-state index in [4.69, 9.17) is 9.47 Å². The summed E-state index contributed by atoms with van der Waals surface area (Å²) in [4.78, 5) is 26.0. The number of rotatable bonds is 8. The van der Waals surface area contributed by atoms with Crippen LogP contribution in [-0.2, 0) is 6.42 Å². The Morgan fingerprint density at radius 3 is 1.30 bits per heavy atom. The summed E-state index contributed by atoms with van der Waals surface area (Å²) in [6, 6.07) is 29.4. The van der Waals surface area contributed by atoms with Gasteiger partial charge in [0, 0.05) is 22.3 Å². The fourth-order valence-corrected chi connectivity index (χ4v) is 3.77. The van der Waals surface area contributed by atoms with E-state index in [0.29, 0.717) is 40.2 Å². The molecule has 4 aromatic carbocycles. The number of methoxy groups -OCH3 is 2. The van der Waals surface area contributed by atoms with Crippen LogP contribution in [0.3, 0.4) is 0 Å². The summed E-state index contributed by atoms with van der Waals surface area (Å²) in [7, 11) is 3.16. The third-order valence-electron chi connectivity index (χ3n) is 5.41. The first kappa shape index (κ1) is 22.0. The van der Waals surface area contributed by atoms with Crippen molar-refractivity contribution in [3.63, 3.8) is 0 Å². The zero-order valence-electron chi connectivity index (χ0n) is 18.6. The van der Waals surface area contributed by atoms with Crippen LogP contribution in [0.5, 0.6) is 11.5 Å². The molecule has 0 radical (unpaired) electrons. The van der Waals surface area contributed by atoms with Gasteiger partial charge in [0.2, 0.25) is 0 Å². The molecule has 0 aliphatic heterocycles. The van der Waals surface area contributed by atoms with Crippen LogP contribution < -0.4 is 9.47 Å². The van der Waals surface area contributed by atoms with Crippen LogP contribution in [0.1, 0.15) is 43.0 Å². The number of hydrogen-bond acceptors (Lipinski definition) is 4. The number of benzene rings is 4. The lowest BCUT2D eigenvalue weighted by molar-refractivity contribution is 0.103. The third-order valence-corrected chi connectivity index (χ3v) is 5.41. The van der Waals surface area contributed by atoms with Crippen molar-refractivity contribution in [1.82, 2.24) is 0 Å². The molecule has 0 unspecified atom stereocenters. The lowest BCUT2D eigenvalue weighted by Gasteiger charge is -2.12. The van der Waals surface area contributed by atoms with E-state index < -0.39 is 0 Å². The largest absolute Gasteiger partial charge is 0.497 e. The predicted molar refractivity (Wildman–Crippen MR) is 129 cm³/mol. The molecule has 0 heterocycles. The van der Waals surface area contributed by atoms with Gasteiger partial charge in [0.05, 0.1) is 14.2 Å². The van der Waals surface area contributed by atoms with E-state index in [2.05, 4.69) is 0 Å². The van der Waals surface area contributed by atoms with Gasteiger partial charge in [-0.1, -0.05) is 60.7 Å². The van der Waals surface area contributed by atoms with Gasteiger partial charge in [0.1, 0.15) is 11.5 Å². The Morgan fingerprint density at radius 1 is 0.545 bits per heavy atom. The van der Waals surface area contributed by atoms with Crippen LogP contribution in [-0.4, -0.2) is 25.8 Å². The van der Waals surface area contributed by atoms with E-state index in [1.54, 1.807) is 50.6 Å². The van der Waals surface area contributed by atoms with Gasteiger partial charge in [-0.2, -0.15) is 0 Å². The molecule has 0 N–H and O–H groups in total. The maximum atomic E-state index is 13.0. The van der Waals surface area contributed by atoms with Gasteiger partial charge in [-0.05, 0) is 53.9 Å². The summed E-state index contributed by atoms with van der Waals surface area (Å²) in [5, 5.41) is 0. The molecule has 0 spiro atoms. The first-order chi connectivity index (χ1) is 16.1. The lowest BCUT2D eigenvalue weighted by Crippen LogP contribution is -2.05. The van der Waals surface area contributed by atoms with Crippen LogP contribution in [0.2, 0.25) is 0 Å². The maximum Gasteiger partial charge on any atom is 0.193 e. The molecule has 0 fully saturated rings. The highest BCUT2D eigenvalue weighted by molar-refractivity contribution is 6.10. The number of hydrogen-bond donors (Lipinski definition) is 0. The summed E-state index contributed by atoms with van der Waals surface area (Å²) in [5.74, 6) is 1.08. The van der Waals surface area contributed by atoms with E-state index in [1.807, 2.05) is 60.7 Å². The van der Waals surface area contributed by atoms with Crippen molar-refractivity contribution in [3.8, 4) is 11.5 Å². The summed E-state index contributed by atoms with van der Waals surface area (Å²) >= 11 is 0. The first-order valence-corrected chi connectivity index (χ1v) is 10.6. The summed E-state index contributed by atoms with van der Waals surface area (Å²) in [6.45, 7) is 0. The lowest BCUT2D eigenvalue weighted by atomic mass is 9.95. The molecule has 0 atom stereocenters. The number of ketones is 2. The standard InChI is InChI=1S/C29H24O4/c1-32-26-16-20(14-24(18-26)28(30)22-9-5-3-6-10-22)13-21-15-25(19-27(17-21)33-2)29(31)23-11-7-4-8-12-23/h3-12,14-19H,13H2,1-2H3. The molecule has 0 amide bonds. The average Bonchev–Trinajstić information content (AvgIpc) is 2.88. The highest BCUT2D eigenvalue weighted by Gasteiger charge is 2.15. The molecule has 164 valence electrons. The van der Waals surface area contributed by atoms with E-state index in [1.165, 1.54) is 0 Å². The average molecular weight is 437 g/mol. The fourth-order valence-electron chi connectivity index (χ4n) is 3.77. The smallest absolute Gasteiger partial charge is 0.193 e. The van der Waals surface area contributed by atoms with Crippen molar-refractivity contribution in [2.24, 2.45) is 0 Å². The second-order valence-electron chi connectivity index (χ2n) is 7.71. The fraction of sp³-hybridized carbons (Fsp3) is 0.103. The monoisotopic (exact) mass is 436 g/mol. The van der Waals surface area contributed by atoms with Crippen molar-refractivity contribution >= 4 is 11.6 Å². The van der Waals surface area contributed by atoms with Crippen molar-refractivity contribution in [3.05, 3.63) is 130 Å². The normalized spacial score (nSPS) is 10.5. The maximum absolute atomic E-state index is 13.0. The molecular weight excluding hydrogens is 412 g/mol. The minimum atomic E-state index is -0.0682. The molecule has 0 aromatic heterocycles. The molecule has 4 heteroatoms. The topological polar surface area (TPSA) is 52.6 Å². The van der Waals surface area contributed by atoms with Crippen LogP contribution in [0.15, 0.2) is 97.1 Å². The minimum absolute atomic E-state index is 0.0682. The molecule has 0 saturated heterocycles. The first-order valence-electron chi connectivity index (χ1n) is 10.6. The zero-order chi connectivity index (χ0) is 23.2. The van der Waals surface area contributed by atoms with Crippen LogP contribution in [0.25, 0.3) is 0 Å². The number of carbonyl (C=O) groups excluding carboxylic acids is 2. The van der Waals surface area contributed by atoms with Gasteiger partial charge in [-0.3, -0.25) is 9.59 Å². The quantitative estimate of drug-likeness (QED) is 0.330. The predicted octanol–water partition coefficient (Wildman–Crippen LogP) is 5.76. The Kier molecular flexibility index (Phi) is 6.65. The Labute approximate surface area is 193 Å². The minimum Gasteiger partial charge on any atom is -0.497 e. The van der Waals surface area contributed by atoms with E-state index in [-0.39, 0.29) is 11.6 Å². The Bertz CT molecular complexity index is 1180. The molecule has 4 aromatic rings. The number of ether oxygens (including phenoxy) is 2. The van der Waals surface area contributed by atoms with Crippen molar-refractivity contribution in [2.75, 3.05) is 14.2 Å². The Balaban J connectivity index is 1.68. The van der Waals surface area contributed by atoms with Gasteiger partial charge >= 0.3 is 0 Å². The highest BCUT2D eigenvalue weighted by Crippen LogP contribution is 2.25. The zero-order valence-corrected chi connectivity index (χ0v) is 18.6. The van der Waals surface area contributed by atoms with Gasteiger partial charge in [0.15, 0.2) is 11.6 Å². The molecule has 0 saturated carbocycles. The second kappa shape index (κ2) is 9.96. The SMILES string of the molecule is COc1cc(Cc2cc(OC)cc(C(=O)c3ccccc3)c2)cc(C(=O)c2ccccc2)c1.